The number of aliphatic hydroxyl groups is 1. The fourth-order valence-corrected chi connectivity index (χ4v) is 2.30. The summed E-state index contributed by atoms with van der Waals surface area (Å²) in [4.78, 5) is 2.31. The third kappa shape index (κ3) is 1.94. The molecule has 0 aromatic heterocycles. The second-order valence-corrected chi connectivity index (χ2v) is 5.41. The van der Waals surface area contributed by atoms with Crippen molar-refractivity contribution in [3.63, 3.8) is 0 Å². The lowest BCUT2D eigenvalue weighted by Crippen LogP contribution is -2.26. The Bertz CT molecular complexity index is 384. The molecule has 0 saturated heterocycles. The summed E-state index contributed by atoms with van der Waals surface area (Å²) in [5.41, 5.74) is 3.88. The lowest BCUT2D eigenvalue weighted by molar-refractivity contribution is 0.218. The van der Waals surface area contributed by atoms with Gasteiger partial charge in [-0.15, -0.1) is 0 Å². The molecular weight excluding hydrogens is 198 g/mol. The maximum atomic E-state index is 9.39. The van der Waals surface area contributed by atoms with Crippen molar-refractivity contribution in [1.82, 2.24) is 0 Å². The van der Waals surface area contributed by atoms with Gasteiger partial charge in [0.15, 0.2) is 0 Å². The number of hydrogen-bond donors (Lipinski definition) is 1. The van der Waals surface area contributed by atoms with Gasteiger partial charge in [0.25, 0.3) is 0 Å². The Labute approximate surface area is 97.9 Å². The molecule has 0 fully saturated rings. The van der Waals surface area contributed by atoms with Crippen molar-refractivity contribution >= 4 is 5.69 Å². The zero-order valence-electron chi connectivity index (χ0n) is 10.5. The lowest BCUT2D eigenvalue weighted by Gasteiger charge is -2.30. The minimum absolute atomic E-state index is 0.134. The normalized spacial score (nSPS) is 16.1. The second kappa shape index (κ2) is 4.10. The van der Waals surface area contributed by atoms with Gasteiger partial charge in [-0.05, 0) is 30.0 Å². The third-order valence-electron chi connectivity index (χ3n) is 3.61. The van der Waals surface area contributed by atoms with Gasteiger partial charge in [0.1, 0.15) is 0 Å². The predicted molar refractivity (Wildman–Crippen MR) is 68.1 cm³/mol. The average Bonchev–Trinajstić information content (AvgIpc) is 2.29. The molecule has 2 nitrogen and oxygen atoms in total. The molecule has 0 radical (unpaired) electrons. The van der Waals surface area contributed by atoms with Gasteiger partial charge >= 0.3 is 0 Å². The molecule has 0 amide bonds. The van der Waals surface area contributed by atoms with E-state index in [1.165, 1.54) is 23.2 Å². The molecule has 0 spiro atoms. The highest BCUT2D eigenvalue weighted by Crippen LogP contribution is 2.31. The SMILES string of the molecule is CN1CCCc2cc(C(C)(C)CO)ccc21. The van der Waals surface area contributed by atoms with Crippen LogP contribution in [0, 0.1) is 0 Å². The molecule has 0 aliphatic carbocycles. The second-order valence-electron chi connectivity index (χ2n) is 5.41. The van der Waals surface area contributed by atoms with E-state index in [9.17, 15) is 5.11 Å². The molecule has 16 heavy (non-hydrogen) atoms. The summed E-state index contributed by atoms with van der Waals surface area (Å²) in [6.45, 7) is 5.51. The standard InChI is InChI=1S/C14H21NO/c1-14(2,10-16)12-6-7-13-11(9-12)5-4-8-15(13)3/h6-7,9,16H,4-5,8,10H2,1-3H3. The summed E-state index contributed by atoms with van der Waals surface area (Å²) >= 11 is 0. The van der Waals surface area contributed by atoms with Crippen LogP contribution < -0.4 is 4.90 Å². The van der Waals surface area contributed by atoms with Crippen LogP contribution in [0.4, 0.5) is 5.69 Å². The molecule has 1 aliphatic heterocycles. The first-order valence-corrected chi connectivity index (χ1v) is 6.00. The predicted octanol–water partition coefficient (Wildman–Crippen LogP) is 2.34. The van der Waals surface area contributed by atoms with E-state index in [2.05, 4.69) is 44.0 Å². The molecule has 0 unspecified atom stereocenters. The van der Waals surface area contributed by atoms with Gasteiger partial charge < -0.3 is 10.0 Å². The number of nitrogens with zero attached hydrogens (tertiary/aromatic N) is 1. The first kappa shape index (κ1) is 11.5. The summed E-state index contributed by atoms with van der Waals surface area (Å²) in [5, 5.41) is 9.39. The molecule has 1 N–H and O–H groups in total. The average molecular weight is 219 g/mol. The molecule has 0 atom stereocenters. The Kier molecular flexibility index (Phi) is 2.94. The van der Waals surface area contributed by atoms with Gasteiger partial charge in [0, 0.05) is 24.7 Å². The number of benzene rings is 1. The molecule has 1 aromatic rings. The van der Waals surface area contributed by atoms with Crippen LogP contribution in [0.15, 0.2) is 18.2 Å². The first-order valence-electron chi connectivity index (χ1n) is 6.00. The van der Waals surface area contributed by atoms with E-state index in [1.54, 1.807) is 0 Å². The van der Waals surface area contributed by atoms with E-state index < -0.39 is 0 Å². The molecule has 1 aliphatic rings. The van der Waals surface area contributed by atoms with E-state index in [1.807, 2.05) is 0 Å². The lowest BCUT2D eigenvalue weighted by atomic mass is 9.83. The smallest absolute Gasteiger partial charge is 0.0522 e. The summed E-state index contributed by atoms with van der Waals surface area (Å²) < 4.78 is 0. The number of rotatable bonds is 2. The topological polar surface area (TPSA) is 23.5 Å². The fourth-order valence-electron chi connectivity index (χ4n) is 2.30. The summed E-state index contributed by atoms with van der Waals surface area (Å²) in [6.07, 6.45) is 2.39. The van der Waals surface area contributed by atoms with Gasteiger partial charge in [-0.3, -0.25) is 0 Å². The van der Waals surface area contributed by atoms with Crippen LogP contribution >= 0.6 is 0 Å². The largest absolute Gasteiger partial charge is 0.395 e. The van der Waals surface area contributed by atoms with Crippen molar-refractivity contribution in [2.45, 2.75) is 32.1 Å². The van der Waals surface area contributed by atoms with E-state index in [4.69, 9.17) is 0 Å². The Balaban J connectivity index is 2.39. The highest BCUT2D eigenvalue weighted by molar-refractivity contribution is 5.57. The van der Waals surface area contributed by atoms with Gasteiger partial charge in [0.2, 0.25) is 0 Å². The molecule has 2 rings (SSSR count). The van der Waals surface area contributed by atoms with Gasteiger partial charge in [-0.25, -0.2) is 0 Å². The van der Waals surface area contributed by atoms with Crippen LogP contribution in [0.25, 0.3) is 0 Å². The Morgan fingerprint density at radius 2 is 2.12 bits per heavy atom. The minimum atomic E-state index is -0.134. The molecule has 1 heterocycles. The number of hydrogen-bond acceptors (Lipinski definition) is 2. The van der Waals surface area contributed by atoms with Crippen LogP contribution in [-0.2, 0) is 11.8 Å². The van der Waals surface area contributed by atoms with Crippen molar-refractivity contribution in [3.05, 3.63) is 29.3 Å². The first-order chi connectivity index (χ1) is 7.54. The highest BCUT2D eigenvalue weighted by Gasteiger charge is 2.22. The Hall–Kier alpha value is -1.02. The molecular formula is C14H21NO. The van der Waals surface area contributed by atoms with Gasteiger partial charge in [-0.2, -0.15) is 0 Å². The van der Waals surface area contributed by atoms with Crippen LogP contribution in [0.2, 0.25) is 0 Å². The minimum Gasteiger partial charge on any atom is -0.395 e. The quantitative estimate of drug-likeness (QED) is 0.825. The number of anilines is 1. The fraction of sp³-hybridized carbons (Fsp3) is 0.571. The van der Waals surface area contributed by atoms with Crippen molar-refractivity contribution in [3.8, 4) is 0 Å². The zero-order chi connectivity index (χ0) is 11.8. The van der Waals surface area contributed by atoms with Crippen LogP contribution in [0.1, 0.15) is 31.4 Å². The maximum absolute atomic E-state index is 9.39. The van der Waals surface area contributed by atoms with Crippen molar-refractivity contribution in [2.75, 3.05) is 25.1 Å². The van der Waals surface area contributed by atoms with Gasteiger partial charge in [0.05, 0.1) is 6.61 Å². The number of aryl methyl sites for hydroxylation is 1. The number of fused-ring (bicyclic) bond motifs is 1. The van der Waals surface area contributed by atoms with Crippen LogP contribution in [-0.4, -0.2) is 25.3 Å². The molecule has 88 valence electrons. The van der Waals surface area contributed by atoms with E-state index in [-0.39, 0.29) is 12.0 Å². The van der Waals surface area contributed by atoms with Gasteiger partial charge in [-0.1, -0.05) is 26.0 Å². The van der Waals surface area contributed by atoms with Crippen LogP contribution in [0.5, 0.6) is 0 Å². The Morgan fingerprint density at radius 1 is 1.38 bits per heavy atom. The highest BCUT2D eigenvalue weighted by atomic mass is 16.3. The molecule has 1 aromatic carbocycles. The molecule has 0 saturated carbocycles. The number of aliphatic hydroxyl groups excluding tert-OH is 1. The molecule has 2 heteroatoms. The van der Waals surface area contributed by atoms with E-state index >= 15 is 0 Å². The van der Waals surface area contributed by atoms with Crippen molar-refractivity contribution in [1.29, 1.82) is 0 Å². The summed E-state index contributed by atoms with van der Waals surface area (Å²) in [7, 11) is 2.15. The van der Waals surface area contributed by atoms with E-state index in [0.717, 1.165) is 13.0 Å². The summed E-state index contributed by atoms with van der Waals surface area (Å²) in [5.74, 6) is 0. The Morgan fingerprint density at radius 3 is 2.81 bits per heavy atom. The molecule has 0 bridgehead atoms. The third-order valence-corrected chi connectivity index (χ3v) is 3.61. The monoisotopic (exact) mass is 219 g/mol. The zero-order valence-corrected chi connectivity index (χ0v) is 10.5. The van der Waals surface area contributed by atoms with E-state index in [0.29, 0.717) is 0 Å². The maximum Gasteiger partial charge on any atom is 0.0522 e. The van der Waals surface area contributed by atoms with Crippen molar-refractivity contribution in [2.24, 2.45) is 0 Å². The summed E-state index contributed by atoms with van der Waals surface area (Å²) in [6, 6.07) is 6.61. The van der Waals surface area contributed by atoms with Crippen molar-refractivity contribution < 1.29 is 5.11 Å². The van der Waals surface area contributed by atoms with Crippen LogP contribution in [0.3, 0.4) is 0 Å².